The van der Waals surface area contributed by atoms with E-state index in [9.17, 15) is 9.59 Å². The number of carbonyl (C=O) groups excluding carboxylic acids is 1. The predicted molar refractivity (Wildman–Crippen MR) is 83.8 cm³/mol. The van der Waals surface area contributed by atoms with Crippen LogP contribution in [0.1, 0.15) is 29.6 Å². The molecule has 3 rings (SSSR count). The topological polar surface area (TPSA) is 66.1 Å². The van der Waals surface area contributed by atoms with Gasteiger partial charge < -0.3 is 4.98 Å². The molecule has 1 fully saturated rings. The predicted octanol–water partition coefficient (Wildman–Crippen LogP) is 2.01. The maximum atomic E-state index is 12.2. The number of nitrogens with one attached hydrogen (secondary N) is 1. The van der Waals surface area contributed by atoms with E-state index in [4.69, 9.17) is 0 Å². The van der Waals surface area contributed by atoms with Gasteiger partial charge in [0.15, 0.2) is 0 Å². The van der Waals surface area contributed by atoms with Gasteiger partial charge in [-0.25, -0.2) is 4.98 Å². The standard InChI is InChI=1S/C15H19N3O2S/c1-8-6-18(5-4-11(8)19)7-12-16-14(20)13-9(2)10(3)21-15(13)17-12/h8H,4-7H2,1-3H3,(H,16,17,20). The van der Waals surface area contributed by atoms with E-state index in [0.29, 0.717) is 30.0 Å². The molecule has 0 spiro atoms. The van der Waals surface area contributed by atoms with Crippen LogP contribution in [-0.2, 0) is 11.3 Å². The number of thiophene rings is 1. The van der Waals surface area contributed by atoms with E-state index < -0.39 is 0 Å². The first kappa shape index (κ1) is 14.4. The number of piperidine rings is 1. The van der Waals surface area contributed by atoms with E-state index in [1.165, 1.54) is 0 Å². The Balaban J connectivity index is 1.88. The molecular formula is C15H19N3O2S. The Morgan fingerprint density at radius 1 is 1.38 bits per heavy atom. The summed E-state index contributed by atoms with van der Waals surface area (Å²) in [5, 5.41) is 0.712. The van der Waals surface area contributed by atoms with Gasteiger partial charge in [-0.05, 0) is 19.4 Å². The molecule has 2 aromatic rings. The molecule has 0 radical (unpaired) electrons. The fourth-order valence-electron chi connectivity index (χ4n) is 2.82. The van der Waals surface area contributed by atoms with E-state index in [0.717, 1.165) is 28.4 Å². The molecule has 0 aromatic carbocycles. The fourth-order valence-corrected chi connectivity index (χ4v) is 3.87. The van der Waals surface area contributed by atoms with Crippen molar-refractivity contribution in [2.45, 2.75) is 33.7 Å². The summed E-state index contributed by atoms with van der Waals surface area (Å²) in [5.74, 6) is 1.09. The van der Waals surface area contributed by atoms with E-state index in [1.807, 2.05) is 20.8 Å². The molecule has 1 saturated heterocycles. The Bertz CT molecular complexity index is 762. The number of aromatic amines is 1. The van der Waals surface area contributed by atoms with Crippen molar-refractivity contribution < 1.29 is 4.79 Å². The summed E-state index contributed by atoms with van der Waals surface area (Å²) in [6, 6.07) is 0. The van der Waals surface area contributed by atoms with Crippen molar-refractivity contribution in [2.24, 2.45) is 5.92 Å². The molecule has 21 heavy (non-hydrogen) atoms. The molecule has 1 atom stereocenters. The first-order chi connectivity index (χ1) is 9.95. The van der Waals surface area contributed by atoms with Gasteiger partial charge in [0.25, 0.3) is 5.56 Å². The van der Waals surface area contributed by atoms with Crippen molar-refractivity contribution >= 4 is 27.3 Å². The molecule has 112 valence electrons. The molecule has 5 nitrogen and oxygen atoms in total. The van der Waals surface area contributed by atoms with Gasteiger partial charge in [0, 0.05) is 30.3 Å². The van der Waals surface area contributed by atoms with Crippen LogP contribution in [0.25, 0.3) is 10.2 Å². The minimum absolute atomic E-state index is 0.0574. The SMILES string of the molecule is Cc1sc2nc(CN3CCC(=O)C(C)C3)[nH]c(=O)c2c1C. The van der Waals surface area contributed by atoms with Crippen LogP contribution in [0.5, 0.6) is 0 Å². The van der Waals surface area contributed by atoms with Crippen molar-refractivity contribution in [1.29, 1.82) is 0 Å². The van der Waals surface area contributed by atoms with E-state index in [1.54, 1.807) is 11.3 Å². The number of rotatable bonds is 2. The third kappa shape index (κ3) is 2.65. The smallest absolute Gasteiger partial charge is 0.259 e. The zero-order chi connectivity index (χ0) is 15.1. The molecule has 0 amide bonds. The largest absolute Gasteiger partial charge is 0.309 e. The number of aryl methyl sites for hydroxylation is 2. The number of fused-ring (bicyclic) bond motifs is 1. The van der Waals surface area contributed by atoms with Crippen LogP contribution in [0, 0.1) is 19.8 Å². The van der Waals surface area contributed by atoms with Crippen LogP contribution in [0.2, 0.25) is 0 Å². The molecule has 3 heterocycles. The lowest BCUT2D eigenvalue weighted by atomic mass is 9.99. The highest BCUT2D eigenvalue weighted by molar-refractivity contribution is 7.18. The molecule has 6 heteroatoms. The summed E-state index contributed by atoms with van der Waals surface area (Å²) >= 11 is 1.57. The number of aromatic nitrogens is 2. The summed E-state index contributed by atoms with van der Waals surface area (Å²) in [6.45, 7) is 8.01. The summed E-state index contributed by atoms with van der Waals surface area (Å²) in [6.07, 6.45) is 0.588. The Morgan fingerprint density at radius 3 is 2.86 bits per heavy atom. The molecule has 0 bridgehead atoms. The van der Waals surface area contributed by atoms with Crippen molar-refractivity contribution in [3.8, 4) is 0 Å². The van der Waals surface area contributed by atoms with E-state index >= 15 is 0 Å². The van der Waals surface area contributed by atoms with Crippen LogP contribution >= 0.6 is 11.3 Å². The van der Waals surface area contributed by atoms with Gasteiger partial charge >= 0.3 is 0 Å². The summed E-state index contributed by atoms with van der Waals surface area (Å²) in [5.41, 5.74) is 0.963. The highest BCUT2D eigenvalue weighted by Gasteiger charge is 2.24. The average molecular weight is 305 g/mol. The number of hydrogen-bond acceptors (Lipinski definition) is 5. The van der Waals surface area contributed by atoms with Crippen molar-refractivity contribution in [3.05, 3.63) is 26.6 Å². The van der Waals surface area contributed by atoms with Gasteiger partial charge in [0.2, 0.25) is 0 Å². The second-order valence-electron chi connectivity index (χ2n) is 5.83. The van der Waals surface area contributed by atoms with Crippen LogP contribution in [0.4, 0.5) is 0 Å². The number of nitrogens with zero attached hydrogens (tertiary/aromatic N) is 2. The summed E-state index contributed by atoms with van der Waals surface area (Å²) < 4.78 is 0. The van der Waals surface area contributed by atoms with Crippen LogP contribution < -0.4 is 5.56 Å². The third-order valence-corrected chi connectivity index (χ3v) is 5.32. The average Bonchev–Trinajstić information content (AvgIpc) is 2.70. The normalized spacial score (nSPS) is 20.3. The zero-order valence-electron chi connectivity index (χ0n) is 12.5. The molecule has 1 aliphatic rings. The van der Waals surface area contributed by atoms with Gasteiger partial charge in [0.05, 0.1) is 11.9 Å². The minimum Gasteiger partial charge on any atom is -0.309 e. The monoisotopic (exact) mass is 305 g/mol. The van der Waals surface area contributed by atoms with Gasteiger partial charge in [-0.1, -0.05) is 6.92 Å². The number of H-pyrrole nitrogens is 1. The van der Waals surface area contributed by atoms with Crippen LogP contribution in [0.3, 0.4) is 0 Å². The third-order valence-electron chi connectivity index (χ3n) is 4.22. The molecule has 1 aliphatic heterocycles. The van der Waals surface area contributed by atoms with Gasteiger partial charge in [-0.3, -0.25) is 14.5 Å². The lowest BCUT2D eigenvalue weighted by Gasteiger charge is -2.29. The van der Waals surface area contributed by atoms with Crippen LogP contribution in [-0.4, -0.2) is 33.7 Å². The fraction of sp³-hybridized carbons (Fsp3) is 0.533. The maximum absolute atomic E-state index is 12.2. The quantitative estimate of drug-likeness (QED) is 0.922. The first-order valence-corrected chi connectivity index (χ1v) is 8.01. The Kier molecular flexibility index (Phi) is 3.67. The number of likely N-dealkylation sites (tertiary alicyclic amines) is 1. The maximum Gasteiger partial charge on any atom is 0.259 e. The Hall–Kier alpha value is -1.53. The highest BCUT2D eigenvalue weighted by atomic mass is 32.1. The van der Waals surface area contributed by atoms with Crippen molar-refractivity contribution in [3.63, 3.8) is 0 Å². The van der Waals surface area contributed by atoms with Crippen LogP contribution in [0.15, 0.2) is 4.79 Å². The van der Waals surface area contributed by atoms with Crippen molar-refractivity contribution in [2.75, 3.05) is 13.1 Å². The molecule has 0 saturated carbocycles. The molecule has 2 aromatic heterocycles. The number of carbonyl (C=O) groups is 1. The lowest BCUT2D eigenvalue weighted by Crippen LogP contribution is -2.39. The second-order valence-corrected chi connectivity index (χ2v) is 7.03. The number of ketones is 1. The summed E-state index contributed by atoms with van der Waals surface area (Å²) in [7, 11) is 0. The van der Waals surface area contributed by atoms with Gasteiger partial charge in [-0.2, -0.15) is 0 Å². The van der Waals surface area contributed by atoms with E-state index in [-0.39, 0.29) is 11.5 Å². The molecule has 1 unspecified atom stereocenters. The molecular weight excluding hydrogens is 286 g/mol. The highest BCUT2D eigenvalue weighted by Crippen LogP contribution is 2.26. The van der Waals surface area contributed by atoms with Crippen molar-refractivity contribution in [1.82, 2.24) is 14.9 Å². The zero-order valence-corrected chi connectivity index (χ0v) is 13.3. The summed E-state index contributed by atoms with van der Waals surface area (Å²) in [4.78, 5) is 35.4. The lowest BCUT2D eigenvalue weighted by molar-refractivity contribution is -0.125. The number of hydrogen-bond donors (Lipinski definition) is 1. The van der Waals surface area contributed by atoms with Gasteiger partial charge in [0.1, 0.15) is 16.4 Å². The molecule has 1 N–H and O–H groups in total. The van der Waals surface area contributed by atoms with E-state index in [2.05, 4.69) is 14.9 Å². The minimum atomic E-state index is -0.0574. The number of Topliss-reactive ketones (excluding diaryl/α,β-unsaturated/α-hetero) is 1. The second kappa shape index (κ2) is 5.35. The Morgan fingerprint density at radius 2 is 2.14 bits per heavy atom. The first-order valence-electron chi connectivity index (χ1n) is 7.19. The molecule has 0 aliphatic carbocycles. The Labute approximate surface area is 127 Å². The van der Waals surface area contributed by atoms with Gasteiger partial charge in [-0.15, -0.1) is 11.3 Å².